The summed E-state index contributed by atoms with van der Waals surface area (Å²) < 4.78 is 0. The zero-order chi connectivity index (χ0) is 30.6. The van der Waals surface area contributed by atoms with Crippen LogP contribution in [-0.4, -0.2) is 23.2 Å². The van der Waals surface area contributed by atoms with E-state index in [2.05, 4.69) is 77.2 Å². The van der Waals surface area contributed by atoms with Crippen LogP contribution in [0.4, 0.5) is 0 Å². The second-order valence-electron chi connectivity index (χ2n) is 13.0. The van der Waals surface area contributed by atoms with Crippen LogP contribution >= 0.6 is 23.2 Å². The molecule has 1 aliphatic heterocycles. The number of carboxylic acids is 1. The Hall–Kier alpha value is -2.88. The molecule has 3 aromatic carbocycles. The molecule has 1 aliphatic rings. The van der Waals surface area contributed by atoms with Crippen molar-refractivity contribution in [1.82, 2.24) is 5.32 Å². The van der Waals surface area contributed by atoms with Gasteiger partial charge in [-0.25, -0.2) is 0 Å². The highest BCUT2D eigenvalue weighted by Gasteiger charge is 2.59. The SMILES string of the molecule is CC(C)(C)CC1NC(C(=O)O)C(c2cccc(Cl)c2)C1(C#N)c1ccc(Cl)cc1.CC(C)(C)c1ccc(CN)cc1. The summed E-state index contributed by atoms with van der Waals surface area (Å²) in [5.41, 5.74) is 8.58. The van der Waals surface area contributed by atoms with Gasteiger partial charge >= 0.3 is 5.97 Å². The molecule has 0 amide bonds. The molecular weight excluding hydrogens is 553 g/mol. The maximum atomic E-state index is 12.2. The largest absolute Gasteiger partial charge is 0.480 e. The first kappa shape index (κ1) is 32.6. The van der Waals surface area contributed by atoms with Crippen LogP contribution in [0.15, 0.2) is 72.8 Å². The molecule has 0 aliphatic carbocycles. The molecule has 1 saturated heterocycles. The maximum absolute atomic E-state index is 12.2. The molecule has 4 N–H and O–H groups in total. The van der Waals surface area contributed by atoms with Gasteiger partial charge in [-0.2, -0.15) is 5.26 Å². The van der Waals surface area contributed by atoms with Crippen molar-refractivity contribution in [3.63, 3.8) is 0 Å². The fourth-order valence-corrected chi connectivity index (χ4v) is 5.91. The van der Waals surface area contributed by atoms with Gasteiger partial charge in [-0.1, -0.05) is 113 Å². The van der Waals surface area contributed by atoms with E-state index in [-0.39, 0.29) is 16.9 Å². The van der Waals surface area contributed by atoms with Crippen LogP contribution in [0.3, 0.4) is 0 Å². The third kappa shape index (κ3) is 7.70. The maximum Gasteiger partial charge on any atom is 0.321 e. The molecule has 7 heteroatoms. The predicted octanol–water partition coefficient (Wildman–Crippen LogP) is 7.84. The quantitative estimate of drug-likeness (QED) is 0.280. The molecule has 0 spiro atoms. The van der Waals surface area contributed by atoms with Crippen molar-refractivity contribution in [3.05, 3.63) is 105 Å². The van der Waals surface area contributed by atoms with E-state index in [0.29, 0.717) is 23.0 Å². The molecule has 5 nitrogen and oxygen atoms in total. The molecule has 0 saturated carbocycles. The summed E-state index contributed by atoms with van der Waals surface area (Å²) in [6.45, 7) is 13.5. The Labute approximate surface area is 254 Å². The Kier molecular flexibility index (Phi) is 10.3. The Balaban J connectivity index is 0.000000322. The van der Waals surface area contributed by atoms with E-state index in [4.69, 9.17) is 28.9 Å². The summed E-state index contributed by atoms with van der Waals surface area (Å²) >= 11 is 12.3. The monoisotopic (exact) mass is 593 g/mol. The van der Waals surface area contributed by atoms with Gasteiger partial charge in [0.2, 0.25) is 0 Å². The minimum Gasteiger partial charge on any atom is -0.480 e. The fourth-order valence-electron chi connectivity index (χ4n) is 5.58. The second-order valence-corrected chi connectivity index (χ2v) is 13.8. The van der Waals surface area contributed by atoms with Gasteiger partial charge in [0.1, 0.15) is 11.5 Å². The molecule has 4 rings (SSSR count). The summed E-state index contributed by atoms with van der Waals surface area (Å²) in [6.07, 6.45) is 0.629. The van der Waals surface area contributed by atoms with E-state index in [1.807, 2.05) is 18.2 Å². The summed E-state index contributed by atoms with van der Waals surface area (Å²) in [5, 5.41) is 24.9. The molecule has 1 fully saturated rings. The molecule has 41 heavy (non-hydrogen) atoms. The van der Waals surface area contributed by atoms with Crippen molar-refractivity contribution in [3.8, 4) is 6.07 Å². The lowest BCUT2D eigenvalue weighted by Gasteiger charge is -2.37. The molecule has 0 radical (unpaired) electrons. The first-order valence-electron chi connectivity index (χ1n) is 13.8. The van der Waals surface area contributed by atoms with Gasteiger partial charge in [0, 0.05) is 28.5 Å². The highest BCUT2D eigenvalue weighted by Crippen LogP contribution is 2.51. The molecule has 0 aromatic heterocycles. The van der Waals surface area contributed by atoms with Crippen molar-refractivity contribution in [2.24, 2.45) is 11.1 Å². The van der Waals surface area contributed by atoms with E-state index in [1.54, 1.807) is 30.3 Å². The number of rotatable bonds is 5. The third-order valence-electron chi connectivity index (χ3n) is 7.61. The normalized spacial score (nSPS) is 22.4. The van der Waals surface area contributed by atoms with Crippen molar-refractivity contribution >= 4 is 29.2 Å². The smallest absolute Gasteiger partial charge is 0.321 e. The van der Waals surface area contributed by atoms with E-state index >= 15 is 0 Å². The van der Waals surface area contributed by atoms with E-state index in [1.165, 1.54) is 11.1 Å². The van der Waals surface area contributed by atoms with Crippen molar-refractivity contribution in [1.29, 1.82) is 5.26 Å². The number of hydrogen-bond acceptors (Lipinski definition) is 4. The molecule has 1 heterocycles. The number of benzene rings is 3. The number of nitrogens with zero attached hydrogens (tertiary/aromatic N) is 1. The van der Waals surface area contributed by atoms with Crippen LogP contribution in [0.25, 0.3) is 0 Å². The van der Waals surface area contributed by atoms with Gasteiger partial charge in [0.15, 0.2) is 0 Å². The lowest BCUT2D eigenvalue weighted by atomic mass is 9.63. The Morgan fingerprint density at radius 3 is 2.05 bits per heavy atom. The Morgan fingerprint density at radius 2 is 1.59 bits per heavy atom. The highest BCUT2D eigenvalue weighted by atomic mass is 35.5. The topological polar surface area (TPSA) is 99.1 Å². The lowest BCUT2D eigenvalue weighted by Crippen LogP contribution is -2.44. The number of aliphatic carboxylic acids is 1. The molecular formula is C34H41Cl2N3O2. The average molecular weight is 595 g/mol. The van der Waals surface area contributed by atoms with E-state index in [9.17, 15) is 15.2 Å². The van der Waals surface area contributed by atoms with Gasteiger partial charge in [-0.05, 0) is 63.8 Å². The first-order valence-corrected chi connectivity index (χ1v) is 14.6. The van der Waals surface area contributed by atoms with Crippen LogP contribution in [0.1, 0.15) is 76.1 Å². The molecule has 4 unspecified atom stereocenters. The fraction of sp³-hybridized carbons (Fsp3) is 0.412. The van der Waals surface area contributed by atoms with E-state index < -0.39 is 23.3 Å². The second kappa shape index (κ2) is 13.0. The number of halogens is 2. The number of carbonyl (C=O) groups is 1. The summed E-state index contributed by atoms with van der Waals surface area (Å²) in [4.78, 5) is 12.2. The summed E-state index contributed by atoms with van der Waals surface area (Å²) in [7, 11) is 0. The Bertz CT molecular complexity index is 1370. The summed E-state index contributed by atoms with van der Waals surface area (Å²) in [5.74, 6) is -1.60. The lowest BCUT2D eigenvalue weighted by molar-refractivity contribution is -0.139. The zero-order valence-electron chi connectivity index (χ0n) is 24.7. The average Bonchev–Trinajstić information content (AvgIpc) is 3.22. The van der Waals surface area contributed by atoms with Crippen LogP contribution < -0.4 is 11.1 Å². The number of nitrogens with two attached hydrogens (primary N) is 1. The van der Waals surface area contributed by atoms with Gasteiger partial charge in [0.25, 0.3) is 0 Å². The standard InChI is InChI=1S/C23H24Cl2N2O2.C11H17N/c1-22(2,3)12-18-23(13-26,15-7-9-16(24)10-8-15)19(20(27-18)21(28)29)14-5-4-6-17(25)11-14;1-11(2,3)10-6-4-9(8-12)5-7-10/h4-11,18-20,27H,12H2,1-3H3,(H,28,29);4-7H,8,12H2,1-3H3. The van der Waals surface area contributed by atoms with Gasteiger partial charge < -0.3 is 10.8 Å². The highest BCUT2D eigenvalue weighted by molar-refractivity contribution is 6.30. The molecule has 3 aromatic rings. The number of hydrogen-bond donors (Lipinski definition) is 3. The first-order chi connectivity index (χ1) is 19.1. The predicted molar refractivity (Wildman–Crippen MR) is 168 cm³/mol. The van der Waals surface area contributed by atoms with Crippen molar-refractivity contribution in [2.75, 3.05) is 0 Å². The number of nitrogens with one attached hydrogen (secondary N) is 1. The van der Waals surface area contributed by atoms with Crippen LogP contribution in [0.2, 0.25) is 10.0 Å². The van der Waals surface area contributed by atoms with Gasteiger partial charge in [-0.15, -0.1) is 0 Å². The Morgan fingerprint density at radius 1 is 0.976 bits per heavy atom. The number of carboxylic acid groups (broad SMARTS) is 1. The van der Waals surface area contributed by atoms with Crippen LogP contribution in [0.5, 0.6) is 0 Å². The van der Waals surface area contributed by atoms with Gasteiger partial charge in [0.05, 0.1) is 6.07 Å². The van der Waals surface area contributed by atoms with Crippen LogP contribution in [0, 0.1) is 16.7 Å². The number of nitriles is 1. The van der Waals surface area contributed by atoms with Gasteiger partial charge in [-0.3, -0.25) is 10.1 Å². The van der Waals surface area contributed by atoms with Crippen LogP contribution in [-0.2, 0) is 22.2 Å². The van der Waals surface area contributed by atoms with Crippen molar-refractivity contribution < 1.29 is 9.90 Å². The van der Waals surface area contributed by atoms with E-state index in [0.717, 1.165) is 11.1 Å². The van der Waals surface area contributed by atoms with Crippen molar-refractivity contribution in [2.45, 2.75) is 83.3 Å². The zero-order valence-corrected chi connectivity index (χ0v) is 26.2. The molecule has 0 bridgehead atoms. The molecule has 218 valence electrons. The minimum absolute atomic E-state index is 0.113. The molecule has 4 atom stereocenters. The third-order valence-corrected chi connectivity index (χ3v) is 8.09. The minimum atomic E-state index is -1.09. The summed E-state index contributed by atoms with van der Waals surface area (Å²) in [6, 6.07) is 24.0.